The number of primary amides is 1. The Labute approximate surface area is 117 Å². The van der Waals surface area contributed by atoms with Gasteiger partial charge >= 0.3 is 0 Å². The van der Waals surface area contributed by atoms with Crippen LogP contribution >= 0.6 is 11.6 Å². The summed E-state index contributed by atoms with van der Waals surface area (Å²) >= 11 is 5.72. The molecule has 1 saturated carbocycles. The highest BCUT2D eigenvalue weighted by molar-refractivity contribution is 7.89. The smallest absolute Gasteiger partial charge is 0.240 e. The molecular weight excluding hydrogens is 288 g/mol. The van der Waals surface area contributed by atoms with E-state index in [-0.39, 0.29) is 4.90 Å². The predicted octanol–water partition coefficient (Wildman–Crippen LogP) is 1.27. The summed E-state index contributed by atoms with van der Waals surface area (Å²) in [7, 11) is -3.64. The fraction of sp³-hybridized carbons (Fsp3) is 0.417. The first-order valence-corrected chi connectivity index (χ1v) is 7.83. The molecule has 3 N–H and O–H groups in total. The zero-order valence-corrected chi connectivity index (χ0v) is 11.7. The van der Waals surface area contributed by atoms with Crippen LogP contribution in [0.2, 0.25) is 5.02 Å². The van der Waals surface area contributed by atoms with E-state index in [1.54, 1.807) is 0 Å². The molecule has 1 aromatic rings. The summed E-state index contributed by atoms with van der Waals surface area (Å²) in [5.74, 6) is -0.886. The SMILES string of the molecule is NC(=O)C1CCCC1NS(=O)(=O)c1ccc(Cl)cc1. The fourth-order valence-corrected chi connectivity index (χ4v) is 3.76. The van der Waals surface area contributed by atoms with E-state index >= 15 is 0 Å². The van der Waals surface area contributed by atoms with Crippen LogP contribution in [0.5, 0.6) is 0 Å². The second-order valence-corrected chi connectivity index (χ2v) is 6.77. The normalized spacial score (nSPS) is 23.4. The molecule has 0 saturated heterocycles. The molecule has 1 amide bonds. The number of benzene rings is 1. The third-order valence-electron chi connectivity index (χ3n) is 3.31. The molecule has 1 aromatic carbocycles. The van der Waals surface area contributed by atoms with Crippen LogP contribution in [0.3, 0.4) is 0 Å². The molecule has 2 atom stereocenters. The number of hydrogen-bond donors (Lipinski definition) is 2. The summed E-state index contributed by atoms with van der Waals surface area (Å²) in [5.41, 5.74) is 5.27. The number of sulfonamides is 1. The molecule has 0 heterocycles. The lowest BCUT2D eigenvalue weighted by atomic mass is 10.0. The first-order chi connectivity index (χ1) is 8.90. The van der Waals surface area contributed by atoms with Crippen molar-refractivity contribution in [2.75, 3.05) is 0 Å². The van der Waals surface area contributed by atoms with Crippen LogP contribution in [0, 0.1) is 5.92 Å². The third-order valence-corrected chi connectivity index (χ3v) is 5.07. The Hall–Kier alpha value is -1.11. The number of rotatable bonds is 4. The standard InChI is InChI=1S/C12H15ClN2O3S/c13-8-4-6-9(7-5-8)19(17,18)15-11-3-1-2-10(11)12(14)16/h4-7,10-11,15H,1-3H2,(H2,14,16). The van der Waals surface area contributed by atoms with Gasteiger partial charge in [0.1, 0.15) is 0 Å². The first-order valence-electron chi connectivity index (χ1n) is 5.97. The lowest BCUT2D eigenvalue weighted by Gasteiger charge is -2.18. The number of nitrogens with two attached hydrogens (primary N) is 1. The molecule has 1 fully saturated rings. The maximum Gasteiger partial charge on any atom is 0.240 e. The Bertz CT molecular complexity index is 571. The quantitative estimate of drug-likeness (QED) is 0.878. The van der Waals surface area contributed by atoms with E-state index in [0.29, 0.717) is 17.9 Å². The Morgan fingerprint density at radius 2 is 1.89 bits per heavy atom. The minimum Gasteiger partial charge on any atom is -0.369 e. The maximum atomic E-state index is 12.2. The summed E-state index contributed by atoms with van der Waals surface area (Å²) in [6, 6.07) is 5.46. The topological polar surface area (TPSA) is 89.3 Å². The summed E-state index contributed by atoms with van der Waals surface area (Å²) < 4.78 is 26.9. The maximum absolute atomic E-state index is 12.2. The predicted molar refractivity (Wildman–Crippen MR) is 72.1 cm³/mol. The van der Waals surface area contributed by atoms with Crippen molar-refractivity contribution in [3.05, 3.63) is 29.3 Å². The zero-order valence-electron chi connectivity index (χ0n) is 10.2. The highest BCUT2D eigenvalue weighted by Crippen LogP contribution is 2.27. The minimum atomic E-state index is -3.64. The number of carbonyl (C=O) groups excluding carboxylic acids is 1. The highest BCUT2D eigenvalue weighted by atomic mass is 35.5. The molecule has 19 heavy (non-hydrogen) atoms. The van der Waals surface area contributed by atoms with Gasteiger partial charge in [0.25, 0.3) is 0 Å². The molecule has 0 aromatic heterocycles. The largest absolute Gasteiger partial charge is 0.369 e. The van der Waals surface area contributed by atoms with Crippen molar-refractivity contribution in [2.45, 2.75) is 30.2 Å². The van der Waals surface area contributed by atoms with Crippen LogP contribution in [0.15, 0.2) is 29.2 Å². The molecule has 1 aliphatic rings. The monoisotopic (exact) mass is 302 g/mol. The van der Waals surface area contributed by atoms with Gasteiger partial charge in [-0.2, -0.15) is 0 Å². The zero-order chi connectivity index (χ0) is 14.0. The molecule has 2 unspecified atom stereocenters. The van der Waals surface area contributed by atoms with Gasteiger partial charge in [-0.15, -0.1) is 0 Å². The number of carbonyl (C=O) groups is 1. The van der Waals surface area contributed by atoms with Crippen LogP contribution in [0.1, 0.15) is 19.3 Å². The molecule has 104 valence electrons. The summed E-state index contributed by atoms with van der Waals surface area (Å²) in [4.78, 5) is 11.4. The average molecular weight is 303 g/mol. The van der Waals surface area contributed by atoms with Crippen LogP contribution in [0.25, 0.3) is 0 Å². The Morgan fingerprint density at radius 3 is 2.47 bits per heavy atom. The van der Waals surface area contributed by atoms with Crippen LogP contribution in [0.4, 0.5) is 0 Å². The van der Waals surface area contributed by atoms with Crippen molar-refractivity contribution in [2.24, 2.45) is 11.7 Å². The highest BCUT2D eigenvalue weighted by Gasteiger charge is 2.34. The molecule has 0 radical (unpaired) electrons. The summed E-state index contributed by atoms with van der Waals surface area (Å²) in [5, 5.41) is 0.467. The summed E-state index contributed by atoms with van der Waals surface area (Å²) in [6.07, 6.45) is 2.05. The van der Waals surface area contributed by atoms with Gasteiger partial charge in [-0.25, -0.2) is 13.1 Å². The van der Waals surface area contributed by atoms with Gasteiger partial charge in [0, 0.05) is 11.1 Å². The van der Waals surface area contributed by atoms with Crippen molar-refractivity contribution in [3.8, 4) is 0 Å². The van der Waals surface area contributed by atoms with Crippen LogP contribution < -0.4 is 10.5 Å². The van der Waals surface area contributed by atoms with Gasteiger partial charge in [-0.3, -0.25) is 4.79 Å². The minimum absolute atomic E-state index is 0.132. The lowest BCUT2D eigenvalue weighted by Crippen LogP contribution is -2.42. The van der Waals surface area contributed by atoms with Crippen LogP contribution in [-0.4, -0.2) is 20.4 Å². The van der Waals surface area contributed by atoms with Gasteiger partial charge < -0.3 is 5.73 Å². The molecular formula is C12H15ClN2O3S. The first kappa shape index (κ1) is 14.3. The van der Waals surface area contributed by atoms with Crippen LogP contribution in [-0.2, 0) is 14.8 Å². The third kappa shape index (κ3) is 3.26. The lowest BCUT2D eigenvalue weighted by molar-refractivity contribution is -0.122. The number of hydrogen-bond acceptors (Lipinski definition) is 3. The van der Waals surface area contributed by atoms with E-state index in [2.05, 4.69) is 4.72 Å². The Morgan fingerprint density at radius 1 is 1.26 bits per heavy atom. The molecule has 0 bridgehead atoms. The number of amides is 1. The second-order valence-electron chi connectivity index (χ2n) is 4.62. The van der Waals surface area contributed by atoms with Gasteiger partial charge in [0.2, 0.25) is 15.9 Å². The van der Waals surface area contributed by atoms with Crippen molar-refractivity contribution < 1.29 is 13.2 Å². The van der Waals surface area contributed by atoms with E-state index in [9.17, 15) is 13.2 Å². The van der Waals surface area contributed by atoms with E-state index in [0.717, 1.165) is 6.42 Å². The Balaban J connectivity index is 2.17. The fourth-order valence-electron chi connectivity index (χ4n) is 2.32. The molecule has 0 spiro atoms. The second kappa shape index (κ2) is 5.48. The van der Waals surface area contributed by atoms with E-state index in [4.69, 9.17) is 17.3 Å². The van der Waals surface area contributed by atoms with E-state index in [1.165, 1.54) is 24.3 Å². The number of halogens is 1. The van der Waals surface area contributed by atoms with Gasteiger partial charge in [0.05, 0.1) is 10.8 Å². The van der Waals surface area contributed by atoms with Crippen molar-refractivity contribution in [1.82, 2.24) is 4.72 Å². The molecule has 2 rings (SSSR count). The molecule has 0 aliphatic heterocycles. The van der Waals surface area contributed by atoms with Gasteiger partial charge in [0.15, 0.2) is 0 Å². The van der Waals surface area contributed by atoms with Gasteiger partial charge in [-0.05, 0) is 37.1 Å². The molecule has 5 nitrogen and oxygen atoms in total. The number of nitrogens with one attached hydrogen (secondary N) is 1. The van der Waals surface area contributed by atoms with E-state index < -0.39 is 27.9 Å². The van der Waals surface area contributed by atoms with Crippen molar-refractivity contribution >= 4 is 27.5 Å². The molecule has 1 aliphatic carbocycles. The molecule has 7 heteroatoms. The van der Waals surface area contributed by atoms with Crippen molar-refractivity contribution in [1.29, 1.82) is 0 Å². The Kier molecular flexibility index (Phi) is 4.13. The van der Waals surface area contributed by atoms with E-state index in [1.807, 2.05) is 0 Å². The summed E-state index contributed by atoms with van der Waals surface area (Å²) in [6.45, 7) is 0. The average Bonchev–Trinajstić information content (AvgIpc) is 2.77. The van der Waals surface area contributed by atoms with Crippen molar-refractivity contribution in [3.63, 3.8) is 0 Å². The van der Waals surface area contributed by atoms with Gasteiger partial charge in [-0.1, -0.05) is 18.0 Å².